The van der Waals surface area contributed by atoms with Crippen molar-refractivity contribution in [1.82, 2.24) is 5.32 Å². The average molecular weight is 378 g/mol. The number of amides is 2. The van der Waals surface area contributed by atoms with Crippen molar-refractivity contribution in [3.05, 3.63) is 53.1 Å². The van der Waals surface area contributed by atoms with Gasteiger partial charge < -0.3 is 24.8 Å². The highest BCUT2D eigenvalue weighted by Gasteiger charge is 2.17. The Morgan fingerprint density at radius 3 is 2.89 bits per heavy atom. The summed E-state index contributed by atoms with van der Waals surface area (Å²) < 4.78 is 43.2. The number of hydrogen-bond donors (Lipinski definition) is 2. The Bertz CT molecular complexity index is 830. The van der Waals surface area contributed by atoms with Gasteiger partial charge in [-0.05, 0) is 43.2 Å². The van der Waals surface area contributed by atoms with Crippen LogP contribution in [0.2, 0.25) is 0 Å². The summed E-state index contributed by atoms with van der Waals surface area (Å²) in [5.41, 5.74) is 1.60. The summed E-state index contributed by atoms with van der Waals surface area (Å²) in [6.07, 6.45) is 0.380. The summed E-state index contributed by atoms with van der Waals surface area (Å²) in [5.74, 6) is -0.214. The predicted molar refractivity (Wildman–Crippen MR) is 95.0 cm³/mol. The van der Waals surface area contributed by atoms with Gasteiger partial charge in [0, 0.05) is 23.9 Å². The summed E-state index contributed by atoms with van der Waals surface area (Å²) in [6.45, 7) is 2.77. The van der Waals surface area contributed by atoms with E-state index in [0.717, 1.165) is 0 Å². The maximum absolute atomic E-state index is 13.8. The Morgan fingerprint density at radius 1 is 1.26 bits per heavy atom. The summed E-state index contributed by atoms with van der Waals surface area (Å²) in [7, 11) is 0. The molecule has 1 aliphatic heterocycles. The molecule has 0 unspecified atom stereocenters. The second-order valence-electron chi connectivity index (χ2n) is 5.87. The van der Waals surface area contributed by atoms with Crippen LogP contribution in [-0.2, 0) is 17.8 Å². The number of halogens is 2. The third-order valence-corrected chi connectivity index (χ3v) is 3.92. The summed E-state index contributed by atoms with van der Waals surface area (Å²) in [4.78, 5) is 12.0. The topological polar surface area (TPSA) is 68.8 Å². The van der Waals surface area contributed by atoms with Crippen LogP contribution in [0.4, 0.5) is 19.3 Å². The van der Waals surface area contributed by atoms with Gasteiger partial charge in [0.25, 0.3) is 0 Å². The van der Waals surface area contributed by atoms with Crippen molar-refractivity contribution in [1.29, 1.82) is 0 Å². The van der Waals surface area contributed by atoms with Gasteiger partial charge in [0.15, 0.2) is 18.4 Å². The maximum Gasteiger partial charge on any atom is 0.319 e. The molecular weight excluding hydrogens is 358 g/mol. The summed E-state index contributed by atoms with van der Waals surface area (Å²) in [5, 5.41) is 5.19. The lowest BCUT2D eigenvalue weighted by atomic mass is 10.1. The van der Waals surface area contributed by atoms with Crippen molar-refractivity contribution < 1.29 is 27.8 Å². The van der Waals surface area contributed by atoms with E-state index >= 15 is 0 Å². The van der Waals surface area contributed by atoms with E-state index in [1.54, 1.807) is 13.0 Å². The van der Waals surface area contributed by atoms with Gasteiger partial charge in [-0.2, -0.15) is 0 Å². The first-order valence-corrected chi connectivity index (χ1v) is 8.56. The Kier molecular flexibility index (Phi) is 6.08. The molecule has 27 heavy (non-hydrogen) atoms. The highest BCUT2D eigenvalue weighted by atomic mass is 19.1. The Balaban J connectivity index is 1.54. The van der Waals surface area contributed by atoms with Crippen LogP contribution in [0.25, 0.3) is 0 Å². The number of carbonyl (C=O) groups excluding carboxylic acids is 1. The molecule has 0 fully saturated rings. The van der Waals surface area contributed by atoms with Crippen LogP contribution in [0.5, 0.6) is 11.5 Å². The highest BCUT2D eigenvalue weighted by Crippen LogP contribution is 2.29. The van der Waals surface area contributed by atoms with Gasteiger partial charge in [-0.3, -0.25) is 0 Å². The zero-order chi connectivity index (χ0) is 19.2. The fourth-order valence-electron chi connectivity index (χ4n) is 2.78. The molecule has 1 heterocycles. The maximum atomic E-state index is 13.8. The van der Waals surface area contributed by atoms with E-state index < -0.39 is 11.8 Å². The van der Waals surface area contributed by atoms with Gasteiger partial charge >= 0.3 is 6.03 Å². The van der Waals surface area contributed by atoms with Crippen LogP contribution in [0.3, 0.4) is 0 Å². The average Bonchev–Trinajstić information content (AvgIpc) is 2.64. The third-order valence-electron chi connectivity index (χ3n) is 3.92. The Labute approximate surface area is 155 Å². The van der Waals surface area contributed by atoms with Gasteiger partial charge in [0.05, 0.1) is 13.2 Å². The molecule has 2 aromatic rings. The third kappa shape index (κ3) is 4.85. The molecule has 2 amide bonds. The molecule has 0 aliphatic carbocycles. The molecular formula is C19H20F2N2O4. The van der Waals surface area contributed by atoms with E-state index in [4.69, 9.17) is 14.2 Å². The van der Waals surface area contributed by atoms with Crippen LogP contribution >= 0.6 is 0 Å². The lowest BCUT2D eigenvalue weighted by molar-refractivity contribution is -0.0172. The van der Waals surface area contributed by atoms with E-state index in [0.29, 0.717) is 35.6 Å². The molecule has 144 valence electrons. The highest BCUT2D eigenvalue weighted by molar-refractivity contribution is 5.89. The van der Waals surface area contributed by atoms with E-state index in [1.165, 1.54) is 24.3 Å². The minimum atomic E-state index is -0.555. The van der Waals surface area contributed by atoms with Crippen LogP contribution in [0.15, 0.2) is 30.3 Å². The molecule has 8 heteroatoms. The number of hydrogen-bond acceptors (Lipinski definition) is 4. The number of carbonyl (C=O) groups is 1. The second-order valence-corrected chi connectivity index (χ2v) is 5.87. The van der Waals surface area contributed by atoms with E-state index in [1.807, 2.05) is 0 Å². The molecule has 2 N–H and O–H groups in total. The fraction of sp³-hybridized carbons (Fsp3) is 0.316. The monoisotopic (exact) mass is 378 g/mol. The molecule has 1 aliphatic rings. The molecule has 0 aromatic heterocycles. The van der Waals surface area contributed by atoms with Gasteiger partial charge in [0.2, 0.25) is 0 Å². The molecule has 0 radical (unpaired) electrons. The number of nitrogens with one attached hydrogen (secondary N) is 2. The van der Waals surface area contributed by atoms with Gasteiger partial charge in [-0.25, -0.2) is 13.6 Å². The van der Waals surface area contributed by atoms with Gasteiger partial charge in [-0.1, -0.05) is 0 Å². The second kappa shape index (κ2) is 8.68. The molecule has 0 saturated carbocycles. The van der Waals surface area contributed by atoms with Crippen molar-refractivity contribution >= 4 is 11.7 Å². The van der Waals surface area contributed by atoms with Crippen molar-refractivity contribution in [3.63, 3.8) is 0 Å². The number of anilines is 1. The van der Waals surface area contributed by atoms with Crippen LogP contribution in [-0.4, -0.2) is 26.0 Å². The molecule has 0 spiro atoms. The smallest absolute Gasteiger partial charge is 0.319 e. The molecule has 0 atom stereocenters. The van der Waals surface area contributed by atoms with Crippen molar-refractivity contribution in [3.8, 4) is 11.5 Å². The summed E-state index contributed by atoms with van der Waals surface area (Å²) >= 11 is 0. The molecule has 6 nitrogen and oxygen atoms in total. The number of benzene rings is 2. The minimum Gasteiger partial charge on any atom is -0.491 e. The molecule has 3 rings (SSSR count). The predicted octanol–water partition coefficient (Wildman–Crippen LogP) is 3.59. The van der Waals surface area contributed by atoms with Crippen molar-refractivity contribution in [2.75, 3.05) is 25.3 Å². The number of ether oxygens (including phenoxy) is 3. The first-order chi connectivity index (χ1) is 13.1. The largest absolute Gasteiger partial charge is 0.491 e. The van der Waals surface area contributed by atoms with Gasteiger partial charge in [-0.15, -0.1) is 0 Å². The van der Waals surface area contributed by atoms with Crippen LogP contribution < -0.4 is 20.1 Å². The quantitative estimate of drug-likeness (QED) is 0.806. The molecule has 0 bridgehead atoms. The van der Waals surface area contributed by atoms with E-state index in [2.05, 4.69) is 10.6 Å². The lowest BCUT2D eigenvalue weighted by Gasteiger charge is -2.21. The van der Waals surface area contributed by atoms with E-state index in [-0.39, 0.29) is 31.5 Å². The number of rotatable bonds is 6. The Hall–Kier alpha value is -2.87. The Morgan fingerprint density at radius 2 is 2.11 bits per heavy atom. The molecule has 0 saturated heterocycles. The van der Waals surface area contributed by atoms with E-state index in [9.17, 15) is 13.6 Å². The normalized spacial score (nSPS) is 12.7. The first-order valence-electron chi connectivity index (χ1n) is 8.56. The standard InChI is InChI=1S/C19H20F2N2O4/c1-2-26-17-4-3-15(9-16(17)21)23-19(24)22-6-5-12-7-14(20)8-13-10-25-11-27-18(12)13/h3-4,7-9H,2,5-6,10-11H2,1H3,(H2,22,23,24). The minimum absolute atomic E-state index is 0.114. The first kappa shape index (κ1) is 18.9. The van der Waals surface area contributed by atoms with Gasteiger partial charge in [0.1, 0.15) is 11.6 Å². The lowest BCUT2D eigenvalue weighted by Crippen LogP contribution is -2.30. The number of fused-ring (bicyclic) bond motifs is 1. The zero-order valence-corrected chi connectivity index (χ0v) is 14.8. The van der Waals surface area contributed by atoms with Crippen molar-refractivity contribution in [2.24, 2.45) is 0 Å². The zero-order valence-electron chi connectivity index (χ0n) is 14.8. The van der Waals surface area contributed by atoms with Crippen LogP contribution in [0.1, 0.15) is 18.1 Å². The number of urea groups is 1. The summed E-state index contributed by atoms with van der Waals surface area (Å²) in [6, 6.07) is 6.44. The van der Waals surface area contributed by atoms with Crippen LogP contribution in [0, 0.1) is 11.6 Å². The molecule has 2 aromatic carbocycles. The van der Waals surface area contributed by atoms with Crippen molar-refractivity contribution in [2.45, 2.75) is 20.0 Å². The SMILES string of the molecule is CCOc1ccc(NC(=O)NCCc2cc(F)cc3c2OCOC3)cc1F. The fourth-order valence-corrected chi connectivity index (χ4v) is 2.78.